The minimum absolute atomic E-state index is 0.00708. The van der Waals surface area contributed by atoms with Gasteiger partial charge in [-0.05, 0) is 56.7 Å². The lowest BCUT2D eigenvalue weighted by Crippen LogP contribution is -2.68. The summed E-state index contributed by atoms with van der Waals surface area (Å²) in [6.07, 6.45) is -7.03. The summed E-state index contributed by atoms with van der Waals surface area (Å²) >= 11 is 0.361. The lowest BCUT2D eigenvalue weighted by Gasteiger charge is -2.51. The normalized spacial score (nSPS) is 20.1. The van der Waals surface area contributed by atoms with E-state index in [1.54, 1.807) is 31.2 Å². The molecule has 1 N–H and O–H groups in total. The van der Waals surface area contributed by atoms with Crippen LogP contribution in [0, 0.1) is 11.3 Å². The predicted octanol–water partition coefficient (Wildman–Crippen LogP) is 8.12. The number of thiophene rings is 1. The Kier molecular flexibility index (Phi) is 12.7. The molecule has 2 saturated heterocycles. The van der Waals surface area contributed by atoms with Crippen LogP contribution in [0.25, 0.3) is 0 Å². The van der Waals surface area contributed by atoms with Crippen molar-refractivity contribution in [1.29, 1.82) is 5.26 Å². The summed E-state index contributed by atoms with van der Waals surface area (Å²) in [5, 5.41) is 20.6. The molecule has 2 atom stereocenters. The lowest BCUT2D eigenvalue weighted by atomic mass is 9.72. The van der Waals surface area contributed by atoms with Crippen molar-refractivity contribution in [2.75, 3.05) is 26.2 Å². The summed E-state index contributed by atoms with van der Waals surface area (Å²) in [6.45, 7) is 1.92. The number of alkyl halides is 6. The van der Waals surface area contributed by atoms with Gasteiger partial charge in [0, 0.05) is 55.7 Å². The van der Waals surface area contributed by atoms with Crippen LogP contribution in [0.15, 0.2) is 54.0 Å². The highest BCUT2D eigenvalue weighted by Crippen LogP contribution is 2.45. The van der Waals surface area contributed by atoms with Crippen LogP contribution in [0.1, 0.15) is 91.2 Å². The van der Waals surface area contributed by atoms with Crippen LogP contribution in [-0.4, -0.2) is 75.6 Å². The third-order valence-corrected chi connectivity index (χ3v) is 11.0. The smallest absolute Gasteiger partial charge is 0.425 e. The zero-order valence-corrected chi connectivity index (χ0v) is 30.7. The number of halogens is 6. The van der Waals surface area contributed by atoms with Gasteiger partial charge in [0.1, 0.15) is 22.1 Å². The van der Waals surface area contributed by atoms with E-state index in [4.69, 9.17) is 14.6 Å². The van der Waals surface area contributed by atoms with Gasteiger partial charge in [-0.15, -0.1) is 11.3 Å². The quantitative estimate of drug-likeness (QED) is 0.136. The van der Waals surface area contributed by atoms with Gasteiger partial charge in [-0.3, -0.25) is 19.4 Å². The van der Waals surface area contributed by atoms with E-state index in [2.05, 4.69) is 11.1 Å². The number of amides is 2. The molecule has 2 unspecified atom stereocenters. The maximum absolute atomic E-state index is 15.0. The monoisotopic (exact) mass is 794 g/mol. The summed E-state index contributed by atoms with van der Waals surface area (Å²) in [5.41, 5.74) is -4.65. The molecule has 0 spiro atoms. The number of benzene rings is 1. The molecule has 2 fully saturated rings. The fraction of sp³-hybridized carbons (Fsp3) is 0.500. The van der Waals surface area contributed by atoms with Crippen LogP contribution in [-0.2, 0) is 27.4 Å². The average molecular weight is 795 g/mol. The minimum Gasteiger partial charge on any atom is -0.493 e. The lowest BCUT2D eigenvalue weighted by molar-refractivity contribution is -0.160. The second-order valence-electron chi connectivity index (χ2n) is 13.6. The number of piperidine rings is 2. The Morgan fingerprint density at radius 1 is 1.02 bits per heavy atom. The zero-order valence-electron chi connectivity index (χ0n) is 29.9. The number of nitrogens with zero attached hydrogens (tertiary/aromatic N) is 4. The van der Waals surface area contributed by atoms with Gasteiger partial charge in [0.2, 0.25) is 5.60 Å². The Bertz CT molecular complexity index is 1890. The Morgan fingerprint density at radius 3 is 2.38 bits per heavy atom. The van der Waals surface area contributed by atoms with Crippen molar-refractivity contribution in [1.82, 2.24) is 14.8 Å². The van der Waals surface area contributed by atoms with E-state index in [9.17, 15) is 46.0 Å². The number of hydrogen-bond acceptors (Lipinski definition) is 8. The predicted molar refractivity (Wildman–Crippen MR) is 187 cm³/mol. The molecule has 4 heterocycles. The number of aromatic nitrogens is 1. The fourth-order valence-electron chi connectivity index (χ4n) is 7.42. The Morgan fingerprint density at radius 2 is 1.75 bits per heavy atom. The first-order valence-electron chi connectivity index (χ1n) is 17.9. The van der Waals surface area contributed by atoms with Crippen LogP contribution >= 0.6 is 11.3 Å². The average Bonchev–Trinajstić information content (AvgIpc) is 3.64. The van der Waals surface area contributed by atoms with Crippen molar-refractivity contribution in [3.63, 3.8) is 0 Å². The topological polar surface area (TPSA) is 133 Å². The summed E-state index contributed by atoms with van der Waals surface area (Å²) in [7, 11) is 0. The Balaban J connectivity index is 1.48. The number of unbranched alkanes of at least 4 members (excludes halogenated alkanes) is 1. The minimum atomic E-state index is -4.92. The van der Waals surface area contributed by atoms with Crippen molar-refractivity contribution in [2.24, 2.45) is 0 Å². The van der Waals surface area contributed by atoms with Crippen LogP contribution in [0.3, 0.4) is 0 Å². The molecule has 2 aliphatic heterocycles. The first-order valence-corrected chi connectivity index (χ1v) is 18.8. The molecule has 3 aromatic rings. The third-order valence-electron chi connectivity index (χ3n) is 10.1. The molecule has 0 bridgehead atoms. The summed E-state index contributed by atoms with van der Waals surface area (Å²) in [4.78, 5) is 45.3. The standard InChI is InChI=1S/C38H40F6N4O6S/c1-2-9-29-36(54-25-22-30(55-23-25)38(42,43)44,14-8-18-48(29)33(51)32-27(37(39,40)41)11-7-17-46-32)34(52)47-19-15-35(24-45,16-20-47)26-10-3-4-12-28(26)53-21-6-5-13-31(49)50/h3-4,7,10-12,17,22-23,29H,2,5-6,8-9,13-16,18-21H2,1H3,(H,49,50). The number of carboxylic acid groups (broad SMARTS) is 1. The highest BCUT2D eigenvalue weighted by molar-refractivity contribution is 7.10. The number of ether oxygens (including phenoxy) is 2. The summed E-state index contributed by atoms with van der Waals surface area (Å²) in [6, 6.07) is 10.7. The molecule has 17 heteroatoms. The molecule has 55 heavy (non-hydrogen) atoms. The number of para-hydroxylation sites is 1. The number of nitriles is 1. The molecule has 0 aliphatic carbocycles. The van der Waals surface area contributed by atoms with Gasteiger partial charge in [-0.2, -0.15) is 31.6 Å². The van der Waals surface area contributed by atoms with E-state index in [1.807, 2.05) is 0 Å². The van der Waals surface area contributed by atoms with E-state index in [1.165, 1.54) is 4.90 Å². The van der Waals surface area contributed by atoms with Crippen LogP contribution < -0.4 is 9.47 Å². The van der Waals surface area contributed by atoms with Crippen molar-refractivity contribution in [3.05, 3.63) is 75.7 Å². The molecule has 10 nitrogen and oxygen atoms in total. The molecule has 2 aromatic heterocycles. The number of carbonyl (C=O) groups is 3. The number of hydrogen-bond donors (Lipinski definition) is 1. The SMILES string of the molecule is CCCC1N(C(=O)c2ncccc2C(F)(F)F)CCCC1(Oc1csc(C(F)(F)F)c1)C(=O)N1CCC(C#N)(c2ccccc2OCCCCC(=O)O)CC1. The Labute approximate surface area is 317 Å². The van der Waals surface area contributed by atoms with Crippen LogP contribution in [0.4, 0.5) is 26.3 Å². The highest BCUT2D eigenvalue weighted by atomic mass is 32.1. The van der Waals surface area contributed by atoms with Crippen molar-refractivity contribution in [2.45, 2.75) is 94.1 Å². The number of aliphatic carboxylic acids is 1. The van der Waals surface area contributed by atoms with Crippen LogP contribution in [0.2, 0.25) is 0 Å². The number of pyridine rings is 1. The number of rotatable bonds is 13. The van der Waals surface area contributed by atoms with Gasteiger partial charge in [0.15, 0.2) is 0 Å². The molecule has 2 amide bonds. The third kappa shape index (κ3) is 9.01. The largest absolute Gasteiger partial charge is 0.493 e. The first kappa shape index (κ1) is 41.3. The second-order valence-corrected chi connectivity index (χ2v) is 14.5. The zero-order chi connectivity index (χ0) is 40.0. The van der Waals surface area contributed by atoms with Crippen molar-refractivity contribution < 1.29 is 55.3 Å². The van der Waals surface area contributed by atoms with E-state index in [0.29, 0.717) is 41.9 Å². The van der Waals surface area contributed by atoms with Gasteiger partial charge < -0.3 is 24.4 Å². The molecule has 0 saturated carbocycles. The maximum atomic E-state index is 15.0. The second kappa shape index (κ2) is 16.9. The fourth-order valence-corrected chi connectivity index (χ4v) is 8.10. The molecule has 0 radical (unpaired) electrons. The van der Waals surface area contributed by atoms with Crippen molar-refractivity contribution in [3.8, 4) is 17.6 Å². The first-order chi connectivity index (χ1) is 26.1. The molecule has 296 valence electrons. The Hall–Kier alpha value is -4.85. The van der Waals surface area contributed by atoms with E-state index in [-0.39, 0.29) is 70.5 Å². The van der Waals surface area contributed by atoms with E-state index >= 15 is 0 Å². The molecular formula is C38H40F6N4O6S. The van der Waals surface area contributed by atoms with Gasteiger partial charge in [-0.1, -0.05) is 31.5 Å². The van der Waals surface area contributed by atoms with Gasteiger partial charge in [0.05, 0.1) is 29.7 Å². The molecule has 2 aliphatic rings. The summed E-state index contributed by atoms with van der Waals surface area (Å²) < 4.78 is 95.5. The molecular weight excluding hydrogens is 754 g/mol. The van der Waals surface area contributed by atoms with Crippen molar-refractivity contribution >= 4 is 29.1 Å². The number of carboxylic acids is 1. The van der Waals surface area contributed by atoms with Gasteiger partial charge >= 0.3 is 18.3 Å². The maximum Gasteiger partial charge on any atom is 0.425 e. The van der Waals surface area contributed by atoms with E-state index in [0.717, 1.165) is 34.7 Å². The van der Waals surface area contributed by atoms with Crippen LogP contribution in [0.5, 0.6) is 11.5 Å². The van der Waals surface area contributed by atoms with Gasteiger partial charge in [0.25, 0.3) is 11.8 Å². The van der Waals surface area contributed by atoms with E-state index < -0.39 is 63.3 Å². The summed E-state index contributed by atoms with van der Waals surface area (Å²) in [5.74, 6) is -2.50. The highest BCUT2D eigenvalue weighted by Gasteiger charge is 2.57. The molecule has 1 aromatic carbocycles. The number of likely N-dealkylation sites (tertiary alicyclic amines) is 2. The van der Waals surface area contributed by atoms with Gasteiger partial charge in [-0.25, -0.2) is 0 Å². The molecule has 5 rings (SSSR count). The number of carbonyl (C=O) groups excluding carboxylic acids is 2.